The molecule has 0 radical (unpaired) electrons. The summed E-state index contributed by atoms with van der Waals surface area (Å²) in [7, 11) is -2.89. The second-order valence-electron chi connectivity index (χ2n) is 5.05. The molecule has 0 saturated carbocycles. The van der Waals surface area contributed by atoms with Crippen molar-refractivity contribution in [1.29, 1.82) is 0 Å². The molecular formula is C14H20N2O2S2. The van der Waals surface area contributed by atoms with Crippen LogP contribution in [-0.4, -0.2) is 42.5 Å². The van der Waals surface area contributed by atoms with Gasteiger partial charge in [-0.2, -0.15) is 0 Å². The van der Waals surface area contributed by atoms with Crippen LogP contribution in [-0.2, 0) is 9.84 Å². The summed E-state index contributed by atoms with van der Waals surface area (Å²) >= 11 is 5.45. The number of para-hydroxylation sites is 1. The normalized spacial score (nSPS) is 20.6. The predicted octanol–water partition coefficient (Wildman–Crippen LogP) is 2.28. The van der Waals surface area contributed by atoms with Crippen LogP contribution in [0.15, 0.2) is 30.3 Å². The number of nitrogens with one attached hydrogen (secondary N) is 1. The first-order valence-electron chi connectivity index (χ1n) is 6.85. The van der Waals surface area contributed by atoms with E-state index < -0.39 is 9.84 Å². The summed E-state index contributed by atoms with van der Waals surface area (Å²) in [5.74, 6) is 0.482. The Morgan fingerprint density at radius 3 is 2.65 bits per heavy atom. The average molecular weight is 312 g/mol. The minimum atomic E-state index is -2.89. The Balaban J connectivity index is 2.06. The summed E-state index contributed by atoms with van der Waals surface area (Å²) in [6, 6.07) is 9.72. The lowest BCUT2D eigenvalue weighted by atomic mass is 10.2. The third kappa shape index (κ3) is 3.93. The highest BCUT2D eigenvalue weighted by atomic mass is 32.2. The van der Waals surface area contributed by atoms with Crippen molar-refractivity contribution >= 4 is 32.9 Å². The van der Waals surface area contributed by atoms with E-state index in [2.05, 4.69) is 12.2 Å². The molecule has 0 unspecified atom stereocenters. The Kier molecular flexibility index (Phi) is 4.99. The highest BCUT2D eigenvalue weighted by Gasteiger charge is 2.33. The van der Waals surface area contributed by atoms with Crippen molar-refractivity contribution in [2.75, 3.05) is 23.4 Å². The Labute approximate surface area is 126 Å². The molecule has 4 nitrogen and oxygen atoms in total. The number of thiocarbonyl (C=S) groups is 1. The number of benzene rings is 1. The fourth-order valence-electron chi connectivity index (χ4n) is 2.43. The molecule has 0 amide bonds. The Morgan fingerprint density at radius 2 is 2.10 bits per heavy atom. The molecule has 1 aliphatic heterocycles. The van der Waals surface area contributed by atoms with E-state index in [0.29, 0.717) is 11.5 Å². The number of hydrogen-bond donors (Lipinski definition) is 1. The summed E-state index contributed by atoms with van der Waals surface area (Å²) in [5, 5.41) is 3.80. The van der Waals surface area contributed by atoms with Gasteiger partial charge in [-0.25, -0.2) is 8.42 Å². The van der Waals surface area contributed by atoms with Crippen LogP contribution in [0.1, 0.15) is 19.8 Å². The van der Waals surface area contributed by atoms with Gasteiger partial charge in [0.25, 0.3) is 0 Å². The van der Waals surface area contributed by atoms with Crippen molar-refractivity contribution in [2.24, 2.45) is 0 Å². The van der Waals surface area contributed by atoms with Gasteiger partial charge in [0.15, 0.2) is 14.9 Å². The maximum atomic E-state index is 11.6. The largest absolute Gasteiger partial charge is 0.345 e. The van der Waals surface area contributed by atoms with Gasteiger partial charge >= 0.3 is 0 Å². The van der Waals surface area contributed by atoms with Gasteiger partial charge in [-0.05, 0) is 37.2 Å². The topological polar surface area (TPSA) is 49.4 Å². The molecule has 0 aromatic heterocycles. The number of hydrogen-bond acceptors (Lipinski definition) is 3. The van der Waals surface area contributed by atoms with E-state index >= 15 is 0 Å². The van der Waals surface area contributed by atoms with Crippen LogP contribution in [0.5, 0.6) is 0 Å². The number of sulfone groups is 1. The molecule has 1 aliphatic rings. The molecule has 1 atom stereocenters. The first-order chi connectivity index (χ1) is 9.52. The van der Waals surface area contributed by atoms with E-state index in [9.17, 15) is 8.42 Å². The van der Waals surface area contributed by atoms with Crippen molar-refractivity contribution in [3.8, 4) is 0 Å². The lowest BCUT2D eigenvalue weighted by Gasteiger charge is -2.30. The van der Waals surface area contributed by atoms with Crippen molar-refractivity contribution in [3.63, 3.8) is 0 Å². The summed E-state index contributed by atoms with van der Waals surface area (Å²) in [4.78, 5) is 2.02. The molecule has 20 heavy (non-hydrogen) atoms. The zero-order valence-corrected chi connectivity index (χ0v) is 13.2. The molecule has 0 aliphatic carbocycles. The van der Waals surface area contributed by atoms with Crippen LogP contribution >= 0.6 is 12.2 Å². The van der Waals surface area contributed by atoms with Gasteiger partial charge in [0.05, 0.1) is 11.5 Å². The van der Waals surface area contributed by atoms with Gasteiger partial charge < -0.3 is 10.2 Å². The first-order valence-corrected chi connectivity index (χ1v) is 9.08. The van der Waals surface area contributed by atoms with Gasteiger partial charge in [0.2, 0.25) is 0 Å². The SMILES string of the molecule is CCCN(C(=S)Nc1ccccc1)[C@@H]1CCS(=O)(=O)C1. The van der Waals surface area contributed by atoms with Crippen LogP contribution in [0, 0.1) is 0 Å². The van der Waals surface area contributed by atoms with E-state index in [1.54, 1.807) is 0 Å². The third-order valence-electron chi connectivity index (χ3n) is 3.40. The summed E-state index contributed by atoms with van der Waals surface area (Å²) in [5.41, 5.74) is 0.930. The average Bonchev–Trinajstić information content (AvgIpc) is 2.77. The molecule has 1 aromatic rings. The number of rotatable bonds is 4. The van der Waals surface area contributed by atoms with Crippen molar-refractivity contribution in [2.45, 2.75) is 25.8 Å². The molecule has 1 N–H and O–H groups in total. The lowest BCUT2D eigenvalue weighted by molar-refractivity contribution is 0.339. The fourth-order valence-corrected chi connectivity index (χ4v) is 4.52. The zero-order valence-electron chi connectivity index (χ0n) is 11.6. The fraction of sp³-hybridized carbons (Fsp3) is 0.500. The third-order valence-corrected chi connectivity index (χ3v) is 5.49. The van der Waals surface area contributed by atoms with Crippen LogP contribution in [0.25, 0.3) is 0 Å². The van der Waals surface area contributed by atoms with Crippen molar-refractivity contribution in [1.82, 2.24) is 4.90 Å². The minimum absolute atomic E-state index is 0.00339. The number of anilines is 1. The molecule has 1 aromatic carbocycles. The lowest BCUT2D eigenvalue weighted by Crippen LogP contribution is -2.43. The van der Waals surface area contributed by atoms with Gasteiger partial charge in [-0.3, -0.25) is 0 Å². The van der Waals surface area contributed by atoms with Gasteiger partial charge in [0.1, 0.15) is 0 Å². The molecule has 1 heterocycles. The second-order valence-corrected chi connectivity index (χ2v) is 7.66. The van der Waals surface area contributed by atoms with Crippen LogP contribution < -0.4 is 5.32 Å². The van der Waals surface area contributed by atoms with Gasteiger partial charge in [0, 0.05) is 18.3 Å². The summed E-state index contributed by atoms with van der Waals surface area (Å²) < 4.78 is 23.3. The van der Waals surface area contributed by atoms with Crippen LogP contribution in [0.4, 0.5) is 5.69 Å². The molecule has 0 bridgehead atoms. The number of nitrogens with zero attached hydrogens (tertiary/aromatic N) is 1. The predicted molar refractivity (Wildman–Crippen MR) is 86.7 cm³/mol. The van der Waals surface area contributed by atoms with E-state index in [1.807, 2.05) is 35.2 Å². The van der Waals surface area contributed by atoms with Gasteiger partial charge in [-0.1, -0.05) is 25.1 Å². The van der Waals surface area contributed by atoms with E-state index in [0.717, 1.165) is 18.7 Å². The summed E-state index contributed by atoms with van der Waals surface area (Å²) in [6.07, 6.45) is 1.60. The zero-order chi connectivity index (χ0) is 14.6. The highest BCUT2D eigenvalue weighted by molar-refractivity contribution is 7.91. The monoisotopic (exact) mass is 312 g/mol. The Bertz CT molecular complexity index is 558. The first kappa shape index (κ1) is 15.3. The standard InChI is InChI=1S/C14H20N2O2S2/c1-2-9-16(13-8-10-20(17,18)11-13)14(19)15-12-6-4-3-5-7-12/h3-7,13H,2,8-11H2,1H3,(H,15,19)/t13-/m1/s1. The molecule has 6 heteroatoms. The molecule has 110 valence electrons. The molecule has 1 saturated heterocycles. The summed E-state index contributed by atoms with van der Waals surface area (Å²) in [6.45, 7) is 2.85. The van der Waals surface area contributed by atoms with Crippen molar-refractivity contribution < 1.29 is 8.42 Å². The molecule has 1 fully saturated rings. The maximum Gasteiger partial charge on any atom is 0.173 e. The van der Waals surface area contributed by atoms with Gasteiger partial charge in [-0.15, -0.1) is 0 Å². The quantitative estimate of drug-likeness (QED) is 0.865. The molecule has 2 rings (SSSR count). The molecule has 0 spiro atoms. The Morgan fingerprint density at radius 1 is 1.40 bits per heavy atom. The minimum Gasteiger partial charge on any atom is -0.345 e. The van der Waals surface area contributed by atoms with E-state index in [-0.39, 0.29) is 17.5 Å². The van der Waals surface area contributed by atoms with E-state index in [1.165, 1.54) is 0 Å². The smallest absolute Gasteiger partial charge is 0.173 e. The van der Waals surface area contributed by atoms with Crippen LogP contribution in [0.3, 0.4) is 0 Å². The van der Waals surface area contributed by atoms with Crippen LogP contribution in [0.2, 0.25) is 0 Å². The highest BCUT2D eigenvalue weighted by Crippen LogP contribution is 2.19. The maximum absolute atomic E-state index is 11.6. The Hall–Kier alpha value is -1.14. The second kappa shape index (κ2) is 6.54. The van der Waals surface area contributed by atoms with Crippen molar-refractivity contribution in [3.05, 3.63) is 30.3 Å². The molecular weight excluding hydrogens is 292 g/mol. The van der Waals surface area contributed by atoms with E-state index in [4.69, 9.17) is 12.2 Å².